The number of aryl methyl sites for hydroxylation is 1. The molecule has 2 aromatic rings. The third-order valence-corrected chi connectivity index (χ3v) is 2.45. The number of halogens is 3. The fourth-order valence-corrected chi connectivity index (χ4v) is 1.81. The zero-order valence-electron chi connectivity index (χ0n) is 9.28. The average molecular weight is 241 g/mol. The first-order chi connectivity index (χ1) is 7.95. The first-order valence-electron chi connectivity index (χ1n) is 4.90. The smallest absolute Gasteiger partial charge is 0.294 e. The molecule has 3 nitrogen and oxygen atoms in total. The maximum atomic E-state index is 12.8. The first-order valence-corrected chi connectivity index (χ1v) is 4.90. The Morgan fingerprint density at radius 1 is 1.35 bits per heavy atom. The van der Waals surface area contributed by atoms with E-state index in [0.717, 1.165) is 6.07 Å². The van der Waals surface area contributed by atoms with Gasteiger partial charge in [0.25, 0.3) is 0 Å². The van der Waals surface area contributed by atoms with E-state index in [0.29, 0.717) is 11.1 Å². The topological polar surface area (TPSA) is 30.2 Å². The molecule has 0 bridgehead atoms. The van der Waals surface area contributed by atoms with Crippen LogP contribution >= 0.6 is 0 Å². The van der Waals surface area contributed by atoms with E-state index in [1.807, 2.05) is 0 Å². The molecule has 0 spiro atoms. The van der Waals surface area contributed by atoms with Crippen LogP contribution in [0.2, 0.25) is 0 Å². The van der Waals surface area contributed by atoms with E-state index >= 15 is 0 Å². The second-order valence-corrected chi connectivity index (χ2v) is 3.60. The van der Waals surface area contributed by atoms with E-state index in [1.165, 1.54) is 24.0 Å². The predicted molar refractivity (Wildman–Crippen MR) is 59.2 cm³/mol. The lowest BCUT2D eigenvalue weighted by atomic mass is 10.1. The van der Waals surface area contributed by atoms with Crippen molar-refractivity contribution in [3.8, 4) is 0 Å². The van der Waals surface area contributed by atoms with Gasteiger partial charge in [0.05, 0.1) is 11.1 Å². The molecule has 0 fully saturated rings. The minimum atomic E-state index is -4.38. The van der Waals surface area contributed by atoms with Gasteiger partial charge < -0.3 is 0 Å². The van der Waals surface area contributed by atoms with Crippen molar-refractivity contribution in [3.05, 3.63) is 29.5 Å². The van der Waals surface area contributed by atoms with Gasteiger partial charge in [0.15, 0.2) is 0 Å². The summed E-state index contributed by atoms with van der Waals surface area (Å²) >= 11 is 0. The molecule has 1 heterocycles. The molecule has 0 radical (unpaired) electrons. The summed E-state index contributed by atoms with van der Waals surface area (Å²) in [4.78, 5) is 3.78. The number of benzene rings is 1. The van der Waals surface area contributed by atoms with Crippen molar-refractivity contribution in [2.24, 2.45) is 12.0 Å². The number of fused-ring (bicyclic) bond motifs is 1. The van der Waals surface area contributed by atoms with Crippen molar-refractivity contribution in [2.45, 2.75) is 6.18 Å². The van der Waals surface area contributed by atoms with Crippen LogP contribution in [0.1, 0.15) is 11.3 Å². The lowest BCUT2D eigenvalue weighted by molar-refractivity contribution is -0.136. The van der Waals surface area contributed by atoms with Gasteiger partial charge in [0.2, 0.25) is 0 Å². The number of alkyl halides is 3. The van der Waals surface area contributed by atoms with Crippen LogP contribution in [0, 0.1) is 0 Å². The molecule has 0 aliphatic heterocycles. The van der Waals surface area contributed by atoms with E-state index in [9.17, 15) is 13.2 Å². The molecule has 0 aliphatic rings. The van der Waals surface area contributed by atoms with Crippen molar-refractivity contribution in [2.75, 3.05) is 7.05 Å². The Morgan fingerprint density at radius 3 is 2.65 bits per heavy atom. The summed E-state index contributed by atoms with van der Waals surface area (Å²) in [7, 11) is 3.04. The maximum Gasteiger partial charge on any atom is 0.418 e. The molecule has 17 heavy (non-hydrogen) atoms. The second-order valence-electron chi connectivity index (χ2n) is 3.60. The third kappa shape index (κ3) is 1.90. The van der Waals surface area contributed by atoms with Crippen molar-refractivity contribution in [3.63, 3.8) is 0 Å². The molecule has 0 aliphatic carbocycles. The van der Waals surface area contributed by atoms with Crippen LogP contribution in [0.3, 0.4) is 0 Å². The van der Waals surface area contributed by atoms with E-state index in [-0.39, 0.29) is 5.52 Å². The van der Waals surface area contributed by atoms with Gasteiger partial charge in [-0.3, -0.25) is 9.67 Å². The number of para-hydroxylation sites is 1. The van der Waals surface area contributed by atoms with Gasteiger partial charge in [-0.15, -0.1) is 0 Å². The van der Waals surface area contributed by atoms with Crippen molar-refractivity contribution < 1.29 is 13.2 Å². The molecule has 0 saturated heterocycles. The molecule has 1 aromatic heterocycles. The van der Waals surface area contributed by atoms with Crippen LogP contribution in [0.25, 0.3) is 10.9 Å². The van der Waals surface area contributed by atoms with Crippen molar-refractivity contribution in [1.29, 1.82) is 0 Å². The van der Waals surface area contributed by atoms with Gasteiger partial charge in [-0.25, -0.2) is 0 Å². The number of hydrogen-bond donors (Lipinski definition) is 0. The number of hydrogen-bond acceptors (Lipinski definition) is 2. The second kappa shape index (κ2) is 3.87. The van der Waals surface area contributed by atoms with Crippen LogP contribution < -0.4 is 0 Å². The standard InChI is InChI=1S/C11H10F3N3/c1-15-6-9-7-4-3-5-8(11(12,13)14)10(7)17(2)16-9/h3-6H,1-2H3. The fraction of sp³-hybridized carbons (Fsp3) is 0.273. The molecule has 0 atom stereocenters. The number of nitrogens with zero attached hydrogens (tertiary/aromatic N) is 3. The Hall–Kier alpha value is -1.85. The highest BCUT2D eigenvalue weighted by Gasteiger charge is 2.34. The maximum absolute atomic E-state index is 12.8. The average Bonchev–Trinajstić information content (AvgIpc) is 2.55. The monoisotopic (exact) mass is 241 g/mol. The van der Waals surface area contributed by atoms with E-state index in [1.54, 1.807) is 13.1 Å². The zero-order chi connectivity index (χ0) is 12.6. The highest BCUT2D eigenvalue weighted by molar-refractivity contribution is 5.98. The van der Waals surface area contributed by atoms with Gasteiger partial charge in [-0.1, -0.05) is 12.1 Å². The Morgan fingerprint density at radius 2 is 2.06 bits per heavy atom. The molecular formula is C11H10F3N3. The van der Waals surface area contributed by atoms with E-state index in [2.05, 4.69) is 10.1 Å². The number of aliphatic imine (C=N–C) groups is 1. The predicted octanol–water partition coefficient (Wildman–Crippen LogP) is 2.64. The molecule has 0 saturated carbocycles. The highest BCUT2D eigenvalue weighted by atomic mass is 19.4. The summed E-state index contributed by atoms with van der Waals surface area (Å²) in [6, 6.07) is 4.03. The number of aromatic nitrogens is 2. The molecule has 0 unspecified atom stereocenters. The van der Waals surface area contributed by atoms with E-state index < -0.39 is 11.7 Å². The first kappa shape index (κ1) is 11.6. The van der Waals surface area contributed by atoms with Gasteiger partial charge in [0, 0.05) is 25.7 Å². The van der Waals surface area contributed by atoms with Crippen LogP contribution in [-0.2, 0) is 13.2 Å². The lowest BCUT2D eigenvalue weighted by Gasteiger charge is -2.08. The molecule has 2 rings (SSSR count). The lowest BCUT2D eigenvalue weighted by Crippen LogP contribution is -2.07. The Balaban J connectivity index is 2.82. The largest absolute Gasteiger partial charge is 0.418 e. The summed E-state index contributed by atoms with van der Waals surface area (Å²) < 4.78 is 39.7. The summed E-state index contributed by atoms with van der Waals surface area (Å²) in [5.74, 6) is 0. The highest BCUT2D eigenvalue weighted by Crippen LogP contribution is 2.35. The Kier molecular flexibility index (Phi) is 2.65. The zero-order valence-corrected chi connectivity index (χ0v) is 9.28. The normalized spacial score (nSPS) is 12.8. The Labute approximate surface area is 95.6 Å². The summed E-state index contributed by atoms with van der Waals surface area (Å²) in [5, 5.41) is 4.47. The molecule has 90 valence electrons. The van der Waals surface area contributed by atoms with Gasteiger partial charge in [-0.2, -0.15) is 18.3 Å². The van der Waals surface area contributed by atoms with Gasteiger partial charge in [-0.05, 0) is 6.07 Å². The van der Waals surface area contributed by atoms with Gasteiger partial charge >= 0.3 is 6.18 Å². The summed E-state index contributed by atoms with van der Waals surface area (Å²) in [5.41, 5.74) is -0.160. The molecule has 0 N–H and O–H groups in total. The number of rotatable bonds is 1. The SMILES string of the molecule is CN=Cc1nn(C)c2c(C(F)(F)F)cccc12. The minimum absolute atomic E-state index is 0.0786. The van der Waals surface area contributed by atoms with Crippen molar-refractivity contribution >= 4 is 17.1 Å². The van der Waals surface area contributed by atoms with Crippen LogP contribution in [0.5, 0.6) is 0 Å². The third-order valence-electron chi connectivity index (χ3n) is 2.45. The van der Waals surface area contributed by atoms with Crippen molar-refractivity contribution in [1.82, 2.24) is 9.78 Å². The van der Waals surface area contributed by atoms with Crippen LogP contribution in [0.4, 0.5) is 13.2 Å². The van der Waals surface area contributed by atoms with E-state index in [4.69, 9.17) is 0 Å². The molecule has 0 amide bonds. The van der Waals surface area contributed by atoms with Crippen LogP contribution in [0.15, 0.2) is 23.2 Å². The molecule has 6 heteroatoms. The molecular weight excluding hydrogens is 231 g/mol. The summed E-state index contributed by atoms with van der Waals surface area (Å²) in [6.45, 7) is 0. The van der Waals surface area contributed by atoms with Crippen LogP contribution in [-0.4, -0.2) is 23.0 Å². The summed E-state index contributed by atoms with van der Waals surface area (Å²) in [6.07, 6.45) is -2.93. The Bertz CT molecular complexity index is 581. The molecule has 1 aromatic carbocycles. The quantitative estimate of drug-likeness (QED) is 0.706. The fourth-order valence-electron chi connectivity index (χ4n) is 1.81. The minimum Gasteiger partial charge on any atom is -0.294 e. The van der Waals surface area contributed by atoms with Gasteiger partial charge in [0.1, 0.15) is 5.69 Å².